The third kappa shape index (κ3) is 4.30. The number of halogens is 1. The van der Waals surface area contributed by atoms with Crippen LogP contribution in [0.15, 0.2) is 46.7 Å². The van der Waals surface area contributed by atoms with Gasteiger partial charge in [-0.05, 0) is 48.6 Å². The molecule has 1 fully saturated rings. The molecule has 0 atom stereocenters. The molecule has 1 aromatic carbocycles. The largest absolute Gasteiger partial charge is 0.322 e. The molecule has 0 bridgehead atoms. The Bertz CT molecular complexity index is 887. The molecule has 5 nitrogen and oxygen atoms in total. The molecule has 0 aliphatic carbocycles. The predicted molar refractivity (Wildman–Crippen MR) is 101 cm³/mol. The zero-order valence-corrected chi connectivity index (χ0v) is 15.7. The summed E-state index contributed by atoms with van der Waals surface area (Å²) in [5, 5.41) is 4.75. The Morgan fingerprint density at radius 2 is 2.00 bits per heavy atom. The summed E-state index contributed by atoms with van der Waals surface area (Å²) in [6, 6.07) is 8.28. The molecule has 0 saturated carbocycles. The van der Waals surface area contributed by atoms with Crippen molar-refractivity contribution in [2.75, 3.05) is 18.4 Å². The second kappa shape index (κ2) is 7.70. The highest BCUT2D eigenvalue weighted by molar-refractivity contribution is 7.89. The minimum absolute atomic E-state index is 0.0242. The number of anilines is 1. The summed E-state index contributed by atoms with van der Waals surface area (Å²) in [4.78, 5) is 13.0. The number of rotatable bonds is 5. The zero-order valence-electron chi connectivity index (χ0n) is 13.3. The van der Waals surface area contributed by atoms with Crippen molar-refractivity contribution in [3.63, 3.8) is 0 Å². The molecule has 25 heavy (non-hydrogen) atoms. The molecule has 1 aliphatic heterocycles. The molecule has 132 valence electrons. The van der Waals surface area contributed by atoms with Crippen molar-refractivity contribution < 1.29 is 13.2 Å². The fraction of sp³-hybridized carbons (Fsp3) is 0.235. The second-order valence-corrected chi connectivity index (χ2v) is 8.89. The summed E-state index contributed by atoms with van der Waals surface area (Å²) < 4.78 is 26.8. The fourth-order valence-corrected chi connectivity index (χ4v) is 5.21. The van der Waals surface area contributed by atoms with Crippen molar-refractivity contribution in [2.45, 2.75) is 17.7 Å². The standard InChI is InChI=1S/C17H17ClN2O3S2/c18-15-7-5-13(19-17(21)8-6-14-4-3-11-24-14)12-16(15)25(22,23)20-9-1-2-10-20/h3-8,11-12H,1-2,9-10H2,(H,19,21)/b8-6+. The van der Waals surface area contributed by atoms with Crippen LogP contribution in [-0.4, -0.2) is 31.7 Å². The van der Waals surface area contributed by atoms with Crippen molar-refractivity contribution in [1.29, 1.82) is 0 Å². The van der Waals surface area contributed by atoms with Crippen LogP contribution in [0.25, 0.3) is 6.08 Å². The normalized spacial score (nSPS) is 15.7. The summed E-state index contributed by atoms with van der Waals surface area (Å²) in [6.45, 7) is 0.998. The lowest BCUT2D eigenvalue weighted by atomic mass is 10.3. The summed E-state index contributed by atoms with van der Waals surface area (Å²) in [6.07, 6.45) is 4.81. The average Bonchev–Trinajstić information content (AvgIpc) is 3.28. The molecular formula is C17H17ClN2O3S2. The first-order chi connectivity index (χ1) is 12.0. The highest BCUT2D eigenvalue weighted by Crippen LogP contribution is 2.29. The van der Waals surface area contributed by atoms with Crippen molar-refractivity contribution in [2.24, 2.45) is 0 Å². The highest BCUT2D eigenvalue weighted by Gasteiger charge is 2.29. The van der Waals surface area contributed by atoms with Crippen LogP contribution in [0, 0.1) is 0 Å². The molecule has 0 spiro atoms. The molecule has 3 rings (SSSR count). The number of nitrogens with one attached hydrogen (secondary N) is 1. The average molecular weight is 397 g/mol. The predicted octanol–water partition coefficient (Wildman–Crippen LogP) is 3.84. The van der Waals surface area contributed by atoms with E-state index in [0.29, 0.717) is 18.8 Å². The Morgan fingerprint density at radius 1 is 1.24 bits per heavy atom. The minimum atomic E-state index is -3.64. The van der Waals surface area contributed by atoms with Crippen LogP contribution >= 0.6 is 22.9 Å². The SMILES string of the molecule is O=C(/C=C/c1cccs1)Nc1ccc(Cl)c(S(=O)(=O)N2CCCC2)c1. The Balaban J connectivity index is 1.78. The molecule has 8 heteroatoms. The van der Waals surface area contributed by atoms with Crippen LogP contribution in [0.5, 0.6) is 0 Å². The monoisotopic (exact) mass is 396 g/mol. The van der Waals surface area contributed by atoms with Gasteiger partial charge in [-0.1, -0.05) is 17.7 Å². The number of carbonyl (C=O) groups is 1. The van der Waals surface area contributed by atoms with E-state index in [1.165, 1.54) is 33.9 Å². The lowest BCUT2D eigenvalue weighted by Crippen LogP contribution is -2.28. The molecule has 1 saturated heterocycles. The smallest absolute Gasteiger partial charge is 0.248 e. The van der Waals surface area contributed by atoms with E-state index in [0.717, 1.165) is 17.7 Å². The number of benzene rings is 1. The fourth-order valence-electron chi connectivity index (χ4n) is 2.57. The quantitative estimate of drug-likeness (QED) is 0.781. The van der Waals surface area contributed by atoms with Crippen molar-refractivity contribution in [1.82, 2.24) is 4.31 Å². The van der Waals surface area contributed by atoms with Gasteiger partial charge in [0.15, 0.2) is 0 Å². The highest BCUT2D eigenvalue weighted by atomic mass is 35.5. The van der Waals surface area contributed by atoms with Crippen LogP contribution in [-0.2, 0) is 14.8 Å². The summed E-state index contributed by atoms with van der Waals surface area (Å²) in [5.74, 6) is -0.333. The number of amides is 1. The van der Waals surface area contributed by atoms with Crippen molar-refractivity contribution in [3.05, 3.63) is 51.7 Å². The van der Waals surface area contributed by atoms with Gasteiger partial charge in [0.2, 0.25) is 15.9 Å². The van der Waals surface area contributed by atoms with Crippen LogP contribution in [0.4, 0.5) is 5.69 Å². The molecule has 0 unspecified atom stereocenters. The van der Waals surface area contributed by atoms with E-state index in [4.69, 9.17) is 11.6 Å². The van der Waals surface area contributed by atoms with E-state index >= 15 is 0 Å². The number of hydrogen-bond donors (Lipinski definition) is 1. The number of hydrogen-bond acceptors (Lipinski definition) is 4. The first kappa shape index (κ1) is 18.1. The Hall–Kier alpha value is -1.67. The van der Waals surface area contributed by atoms with Gasteiger partial charge in [-0.2, -0.15) is 4.31 Å². The second-order valence-electron chi connectivity index (χ2n) is 5.59. The molecule has 1 N–H and O–H groups in total. The van der Waals surface area contributed by atoms with Crippen LogP contribution in [0.3, 0.4) is 0 Å². The maximum Gasteiger partial charge on any atom is 0.248 e. The zero-order chi connectivity index (χ0) is 17.9. The van der Waals surface area contributed by atoms with E-state index in [2.05, 4.69) is 5.32 Å². The molecule has 2 heterocycles. The molecule has 2 aromatic rings. The van der Waals surface area contributed by atoms with Gasteiger partial charge in [-0.3, -0.25) is 4.79 Å². The van der Waals surface area contributed by atoms with Crippen molar-refractivity contribution in [3.8, 4) is 0 Å². The van der Waals surface area contributed by atoms with Gasteiger partial charge >= 0.3 is 0 Å². The van der Waals surface area contributed by atoms with Gasteiger partial charge in [0.1, 0.15) is 4.90 Å². The van der Waals surface area contributed by atoms with E-state index in [1.54, 1.807) is 12.1 Å². The van der Waals surface area contributed by atoms with Crippen LogP contribution in [0.2, 0.25) is 5.02 Å². The first-order valence-corrected chi connectivity index (χ1v) is 10.5. The van der Waals surface area contributed by atoms with Gasteiger partial charge in [0, 0.05) is 29.7 Å². The van der Waals surface area contributed by atoms with Crippen molar-refractivity contribution >= 4 is 50.6 Å². The third-order valence-corrected chi connectivity index (χ3v) is 7.04. The number of thiophene rings is 1. The van der Waals surface area contributed by atoms with E-state index in [1.807, 2.05) is 17.5 Å². The van der Waals surface area contributed by atoms with Gasteiger partial charge < -0.3 is 5.32 Å². The van der Waals surface area contributed by atoms with E-state index in [-0.39, 0.29) is 15.8 Å². The summed E-state index contributed by atoms with van der Waals surface area (Å²) in [7, 11) is -3.64. The Kier molecular flexibility index (Phi) is 5.58. The van der Waals surface area contributed by atoms with Gasteiger partial charge in [0.25, 0.3) is 0 Å². The topological polar surface area (TPSA) is 66.5 Å². The molecular weight excluding hydrogens is 380 g/mol. The number of sulfonamides is 1. The Morgan fingerprint density at radius 3 is 2.68 bits per heavy atom. The molecule has 0 radical (unpaired) electrons. The Labute approximate surface area is 156 Å². The maximum atomic E-state index is 12.7. The number of carbonyl (C=O) groups excluding carboxylic acids is 1. The molecule has 1 aliphatic rings. The summed E-state index contributed by atoms with van der Waals surface area (Å²) in [5.41, 5.74) is 0.392. The molecule has 1 amide bonds. The first-order valence-electron chi connectivity index (χ1n) is 7.79. The minimum Gasteiger partial charge on any atom is -0.322 e. The van der Waals surface area contributed by atoms with E-state index < -0.39 is 10.0 Å². The lowest BCUT2D eigenvalue weighted by molar-refractivity contribution is -0.111. The van der Waals surface area contributed by atoms with Crippen LogP contribution < -0.4 is 5.32 Å². The van der Waals surface area contributed by atoms with E-state index in [9.17, 15) is 13.2 Å². The maximum absolute atomic E-state index is 12.7. The number of nitrogens with zero attached hydrogens (tertiary/aromatic N) is 1. The lowest BCUT2D eigenvalue weighted by Gasteiger charge is -2.17. The van der Waals surface area contributed by atoms with Gasteiger partial charge in [-0.15, -0.1) is 11.3 Å². The van der Waals surface area contributed by atoms with Gasteiger partial charge in [0.05, 0.1) is 5.02 Å². The summed E-state index contributed by atoms with van der Waals surface area (Å²) >= 11 is 7.62. The molecule has 1 aromatic heterocycles. The van der Waals surface area contributed by atoms with Crippen LogP contribution in [0.1, 0.15) is 17.7 Å². The third-order valence-electron chi connectivity index (χ3n) is 3.82. The van der Waals surface area contributed by atoms with Gasteiger partial charge in [-0.25, -0.2) is 8.42 Å².